The Bertz CT molecular complexity index is 781. The van der Waals surface area contributed by atoms with E-state index in [2.05, 4.69) is 15.6 Å². The van der Waals surface area contributed by atoms with E-state index in [0.717, 1.165) is 22.1 Å². The van der Waals surface area contributed by atoms with Crippen LogP contribution < -0.4 is 10.6 Å². The van der Waals surface area contributed by atoms with Crippen LogP contribution in [-0.4, -0.2) is 17.9 Å². The molecule has 2 aromatic carbocycles. The molecule has 0 spiro atoms. The standard InChI is InChI=1S/C17H15N3O/c1-18-15-8-9-16(19-11-15)17(21)20-14-7-6-12-4-2-3-5-13(12)10-14/h2-11,18H,1H3,(H,20,21). The van der Waals surface area contributed by atoms with Crippen molar-refractivity contribution in [3.63, 3.8) is 0 Å². The largest absolute Gasteiger partial charge is 0.387 e. The second kappa shape index (κ2) is 5.63. The van der Waals surface area contributed by atoms with Crippen LogP contribution in [-0.2, 0) is 0 Å². The zero-order chi connectivity index (χ0) is 14.7. The van der Waals surface area contributed by atoms with E-state index in [9.17, 15) is 4.79 Å². The number of carbonyl (C=O) groups excluding carboxylic acids is 1. The molecular weight excluding hydrogens is 262 g/mol. The predicted molar refractivity (Wildman–Crippen MR) is 85.7 cm³/mol. The van der Waals surface area contributed by atoms with Gasteiger partial charge in [-0.3, -0.25) is 4.79 Å². The van der Waals surface area contributed by atoms with E-state index in [1.165, 1.54) is 0 Å². The fourth-order valence-electron chi connectivity index (χ4n) is 2.14. The lowest BCUT2D eigenvalue weighted by Crippen LogP contribution is -2.13. The van der Waals surface area contributed by atoms with E-state index in [-0.39, 0.29) is 5.91 Å². The number of aromatic nitrogens is 1. The van der Waals surface area contributed by atoms with Crippen LogP contribution in [0.2, 0.25) is 0 Å². The molecule has 0 aliphatic heterocycles. The molecule has 0 saturated heterocycles. The minimum absolute atomic E-state index is 0.215. The van der Waals surface area contributed by atoms with Crippen LogP contribution in [0.1, 0.15) is 10.5 Å². The Morgan fingerprint density at radius 2 is 1.71 bits per heavy atom. The van der Waals surface area contributed by atoms with Gasteiger partial charge in [0.05, 0.1) is 11.9 Å². The number of hydrogen-bond acceptors (Lipinski definition) is 3. The quantitative estimate of drug-likeness (QED) is 0.770. The molecule has 3 rings (SSSR count). The molecule has 1 aromatic heterocycles. The number of amides is 1. The summed E-state index contributed by atoms with van der Waals surface area (Å²) in [4.78, 5) is 16.3. The molecule has 21 heavy (non-hydrogen) atoms. The molecule has 0 saturated carbocycles. The van der Waals surface area contributed by atoms with Gasteiger partial charge < -0.3 is 10.6 Å². The molecule has 0 atom stereocenters. The number of benzene rings is 2. The number of hydrogen-bond donors (Lipinski definition) is 2. The normalized spacial score (nSPS) is 10.3. The molecule has 4 nitrogen and oxygen atoms in total. The smallest absolute Gasteiger partial charge is 0.274 e. The number of fused-ring (bicyclic) bond motifs is 1. The third kappa shape index (κ3) is 2.84. The minimum atomic E-state index is -0.215. The lowest BCUT2D eigenvalue weighted by Gasteiger charge is -2.07. The van der Waals surface area contributed by atoms with Crippen molar-refractivity contribution in [1.29, 1.82) is 0 Å². The minimum Gasteiger partial charge on any atom is -0.387 e. The molecule has 1 amide bonds. The molecule has 3 aromatic rings. The van der Waals surface area contributed by atoms with Gasteiger partial charge in [-0.15, -0.1) is 0 Å². The first-order valence-electron chi connectivity index (χ1n) is 6.70. The van der Waals surface area contributed by atoms with E-state index >= 15 is 0 Å². The van der Waals surface area contributed by atoms with Gasteiger partial charge in [0.25, 0.3) is 5.91 Å². The molecule has 0 bridgehead atoms. The van der Waals surface area contributed by atoms with Crippen molar-refractivity contribution in [2.75, 3.05) is 17.7 Å². The van der Waals surface area contributed by atoms with Gasteiger partial charge in [-0.2, -0.15) is 0 Å². The third-order valence-electron chi connectivity index (χ3n) is 3.29. The predicted octanol–water partition coefficient (Wildman–Crippen LogP) is 3.53. The Morgan fingerprint density at radius 3 is 2.43 bits per heavy atom. The number of rotatable bonds is 3. The second-order valence-electron chi connectivity index (χ2n) is 4.70. The molecule has 0 unspecified atom stereocenters. The van der Waals surface area contributed by atoms with E-state index in [0.29, 0.717) is 5.69 Å². The zero-order valence-electron chi connectivity index (χ0n) is 11.6. The van der Waals surface area contributed by atoms with Crippen molar-refractivity contribution in [2.24, 2.45) is 0 Å². The Morgan fingerprint density at radius 1 is 0.952 bits per heavy atom. The maximum atomic E-state index is 12.2. The maximum Gasteiger partial charge on any atom is 0.274 e. The molecule has 2 N–H and O–H groups in total. The van der Waals surface area contributed by atoms with Crippen LogP contribution in [0.4, 0.5) is 11.4 Å². The highest BCUT2D eigenvalue weighted by Crippen LogP contribution is 2.19. The monoisotopic (exact) mass is 277 g/mol. The Balaban J connectivity index is 1.81. The van der Waals surface area contributed by atoms with Gasteiger partial charge in [-0.05, 0) is 35.0 Å². The highest BCUT2D eigenvalue weighted by atomic mass is 16.1. The first kappa shape index (κ1) is 13.1. The molecule has 0 fully saturated rings. The van der Waals surface area contributed by atoms with Crippen molar-refractivity contribution in [1.82, 2.24) is 4.98 Å². The second-order valence-corrected chi connectivity index (χ2v) is 4.70. The summed E-state index contributed by atoms with van der Waals surface area (Å²) < 4.78 is 0. The van der Waals surface area contributed by atoms with Gasteiger partial charge in [0.2, 0.25) is 0 Å². The van der Waals surface area contributed by atoms with Crippen LogP contribution in [0.5, 0.6) is 0 Å². The van der Waals surface area contributed by atoms with Gasteiger partial charge >= 0.3 is 0 Å². The maximum absolute atomic E-state index is 12.2. The van der Waals surface area contributed by atoms with Gasteiger partial charge in [0, 0.05) is 12.7 Å². The van der Waals surface area contributed by atoms with Crippen LogP contribution in [0.15, 0.2) is 60.8 Å². The Kier molecular flexibility index (Phi) is 3.51. The average molecular weight is 277 g/mol. The van der Waals surface area contributed by atoms with Crippen molar-refractivity contribution < 1.29 is 4.79 Å². The Hall–Kier alpha value is -2.88. The first-order chi connectivity index (χ1) is 10.3. The van der Waals surface area contributed by atoms with Gasteiger partial charge in [-0.1, -0.05) is 30.3 Å². The molecule has 0 aliphatic rings. The van der Waals surface area contributed by atoms with Gasteiger partial charge in [0.15, 0.2) is 0 Å². The lowest BCUT2D eigenvalue weighted by atomic mass is 10.1. The summed E-state index contributed by atoms with van der Waals surface area (Å²) >= 11 is 0. The van der Waals surface area contributed by atoms with Gasteiger partial charge in [0.1, 0.15) is 5.69 Å². The van der Waals surface area contributed by atoms with E-state index < -0.39 is 0 Å². The van der Waals surface area contributed by atoms with Crippen LogP contribution in [0, 0.1) is 0 Å². The summed E-state index contributed by atoms with van der Waals surface area (Å²) in [6, 6.07) is 17.4. The summed E-state index contributed by atoms with van der Waals surface area (Å²) in [5, 5.41) is 8.07. The molecular formula is C17H15N3O. The number of nitrogens with zero attached hydrogens (tertiary/aromatic N) is 1. The Labute approximate surface area is 122 Å². The zero-order valence-corrected chi connectivity index (χ0v) is 11.6. The number of nitrogens with one attached hydrogen (secondary N) is 2. The van der Waals surface area contributed by atoms with Gasteiger partial charge in [-0.25, -0.2) is 4.98 Å². The highest BCUT2D eigenvalue weighted by Gasteiger charge is 2.07. The summed E-state index contributed by atoms with van der Waals surface area (Å²) in [7, 11) is 1.81. The molecule has 4 heteroatoms. The van der Waals surface area contributed by atoms with Crippen molar-refractivity contribution in [2.45, 2.75) is 0 Å². The van der Waals surface area contributed by atoms with Crippen molar-refractivity contribution in [3.05, 3.63) is 66.5 Å². The third-order valence-corrected chi connectivity index (χ3v) is 3.29. The lowest BCUT2D eigenvalue weighted by molar-refractivity contribution is 0.102. The van der Waals surface area contributed by atoms with E-state index in [1.807, 2.05) is 55.6 Å². The van der Waals surface area contributed by atoms with E-state index in [1.54, 1.807) is 12.3 Å². The van der Waals surface area contributed by atoms with Crippen molar-refractivity contribution >= 4 is 28.1 Å². The molecule has 104 valence electrons. The first-order valence-corrected chi connectivity index (χ1v) is 6.70. The fourth-order valence-corrected chi connectivity index (χ4v) is 2.14. The van der Waals surface area contributed by atoms with Crippen LogP contribution >= 0.6 is 0 Å². The summed E-state index contributed by atoms with van der Waals surface area (Å²) in [6.07, 6.45) is 1.63. The number of anilines is 2. The van der Waals surface area contributed by atoms with Crippen molar-refractivity contribution in [3.8, 4) is 0 Å². The number of carbonyl (C=O) groups is 1. The summed E-state index contributed by atoms with van der Waals surface area (Å²) in [6.45, 7) is 0. The number of pyridine rings is 1. The van der Waals surface area contributed by atoms with E-state index in [4.69, 9.17) is 0 Å². The SMILES string of the molecule is CNc1ccc(C(=O)Nc2ccc3ccccc3c2)nc1. The van der Waals surface area contributed by atoms with Crippen LogP contribution in [0.25, 0.3) is 10.8 Å². The summed E-state index contributed by atoms with van der Waals surface area (Å²) in [5.74, 6) is -0.215. The summed E-state index contributed by atoms with van der Waals surface area (Å²) in [5.41, 5.74) is 2.03. The molecule has 1 heterocycles. The molecule has 0 radical (unpaired) electrons. The average Bonchev–Trinajstić information content (AvgIpc) is 2.55. The fraction of sp³-hybridized carbons (Fsp3) is 0.0588. The molecule has 0 aliphatic carbocycles. The topological polar surface area (TPSA) is 54.0 Å². The van der Waals surface area contributed by atoms with Crippen LogP contribution in [0.3, 0.4) is 0 Å². The highest BCUT2D eigenvalue weighted by molar-refractivity contribution is 6.04.